The molecular formula is C26H29BrF6N4O5. The monoisotopic (exact) mass is 670 g/mol. The third kappa shape index (κ3) is 11.3. The number of allylic oxidation sites excluding steroid dienone is 2. The summed E-state index contributed by atoms with van der Waals surface area (Å²) in [6, 6.07) is 7.64. The molecule has 0 radical (unpaired) electrons. The first-order chi connectivity index (χ1) is 19.8. The molecule has 2 atom stereocenters. The van der Waals surface area contributed by atoms with Crippen molar-refractivity contribution in [2.75, 3.05) is 33.3 Å². The molecule has 0 spiro atoms. The number of alkyl halides is 6. The van der Waals surface area contributed by atoms with E-state index in [0.29, 0.717) is 6.42 Å². The van der Waals surface area contributed by atoms with Crippen molar-refractivity contribution in [3.8, 4) is 0 Å². The number of carbonyl (C=O) groups excluding carboxylic acids is 1. The van der Waals surface area contributed by atoms with E-state index in [-0.39, 0.29) is 19.9 Å². The Balaban J connectivity index is 1.92. The van der Waals surface area contributed by atoms with E-state index in [0.717, 1.165) is 21.0 Å². The second kappa shape index (κ2) is 15.4. The molecule has 1 N–H and O–H groups in total. The highest BCUT2D eigenvalue weighted by atomic mass is 79.9. The average molecular weight is 671 g/mol. The highest BCUT2D eigenvalue weighted by Crippen LogP contribution is 2.23. The Morgan fingerprint density at radius 1 is 1.07 bits per heavy atom. The highest BCUT2D eigenvalue weighted by molar-refractivity contribution is 9.11. The van der Waals surface area contributed by atoms with Gasteiger partial charge in [-0.05, 0) is 18.9 Å². The quantitative estimate of drug-likeness (QED) is 0.225. The molecule has 1 aromatic carbocycles. The zero-order valence-electron chi connectivity index (χ0n) is 22.3. The van der Waals surface area contributed by atoms with Crippen molar-refractivity contribution >= 4 is 27.9 Å². The first-order valence-corrected chi connectivity index (χ1v) is 13.4. The van der Waals surface area contributed by atoms with Crippen LogP contribution in [0, 0.1) is 0 Å². The SMILES string of the molecule is CCOCN(C(=O)N(COCc1ccccc1)C1=NC(OCC(F)(F)F)C=C(OCC(F)(F)F)N1)C1C=CC(Br)=CC1. The molecule has 1 aliphatic carbocycles. The Labute approximate surface area is 246 Å². The Kier molecular flexibility index (Phi) is 12.3. The largest absolute Gasteiger partial charge is 0.469 e. The van der Waals surface area contributed by atoms with Gasteiger partial charge in [-0.3, -0.25) is 10.2 Å². The molecule has 1 heterocycles. The first kappa shape index (κ1) is 33.4. The van der Waals surface area contributed by atoms with Gasteiger partial charge in [-0.25, -0.2) is 14.7 Å². The number of guanidine groups is 1. The lowest BCUT2D eigenvalue weighted by molar-refractivity contribution is -0.181. The fourth-order valence-electron chi connectivity index (χ4n) is 3.61. The van der Waals surface area contributed by atoms with Crippen LogP contribution in [0.5, 0.6) is 0 Å². The maximum Gasteiger partial charge on any atom is 0.422 e. The van der Waals surface area contributed by atoms with Gasteiger partial charge in [-0.1, -0.05) is 64.5 Å². The number of aliphatic imine (C=N–C) groups is 1. The average Bonchev–Trinajstić information content (AvgIpc) is 2.94. The van der Waals surface area contributed by atoms with Gasteiger partial charge in [0.1, 0.15) is 20.1 Å². The number of benzene rings is 1. The van der Waals surface area contributed by atoms with Crippen LogP contribution >= 0.6 is 15.9 Å². The number of halogens is 7. The predicted octanol–water partition coefficient (Wildman–Crippen LogP) is 5.77. The molecule has 0 aromatic heterocycles. The molecule has 16 heteroatoms. The molecule has 2 amide bonds. The lowest BCUT2D eigenvalue weighted by Gasteiger charge is -2.36. The van der Waals surface area contributed by atoms with E-state index >= 15 is 0 Å². The minimum absolute atomic E-state index is 0.0314. The van der Waals surface area contributed by atoms with Crippen LogP contribution in [0.2, 0.25) is 0 Å². The summed E-state index contributed by atoms with van der Waals surface area (Å²) < 4.78 is 98.8. The van der Waals surface area contributed by atoms with Crippen molar-refractivity contribution in [1.82, 2.24) is 15.1 Å². The molecule has 9 nitrogen and oxygen atoms in total. The lowest BCUT2D eigenvalue weighted by Crippen LogP contribution is -2.55. The molecule has 0 saturated carbocycles. The van der Waals surface area contributed by atoms with E-state index in [9.17, 15) is 31.1 Å². The van der Waals surface area contributed by atoms with Crippen LogP contribution in [0.25, 0.3) is 0 Å². The van der Waals surface area contributed by atoms with E-state index in [1.165, 1.54) is 4.90 Å². The van der Waals surface area contributed by atoms with Gasteiger partial charge in [-0.15, -0.1) is 0 Å². The van der Waals surface area contributed by atoms with Gasteiger partial charge in [0.2, 0.25) is 5.96 Å². The van der Waals surface area contributed by atoms with Crippen molar-refractivity contribution in [3.05, 3.63) is 70.6 Å². The van der Waals surface area contributed by atoms with Crippen molar-refractivity contribution in [3.63, 3.8) is 0 Å². The summed E-state index contributed by atoms with van der Waals surface area (Å²) >= 11 is 3.36. The lowest BCUT2D eigenvalue weighted by atomic mass is 10.1. The van der Waals surface area contributed by atoms with Gasteiger partial charge in [0.15, 0.2) is 18.7 Å². The number of hydrogen-bond donors (Lipinski definition) is 1. The summed E-state index contributed by atoms with van der Waals surface area (Å²) in [5.41, 5.74) is 0.750. The molecule has 232 valence electrons. The smallest absolute Gasteiger partial charge is 0.422 e. The number of amides is 2. The van der Waals surface area contributed by atoms with Crippen molar-refractivity contribution in [2.45, 2.75) is 44.6 Å². The molecule has 0 saturated heterocycles. The number of nitrogens with zero attached hydrogens (tertiary/aromatic N) is 3. The standard InChI is InChI=1S/C26H29BrF6N4O5/c1-2-39-16-36(20-10-8-19(27)9-11-20)24(38)37(17-40-13-18-6-4-3-5-7-18)23-34-21(41-14-25(28,29)30)12-22(35-23)42-15-26(31,32)33/h3-10,12,20-21H,2,11,13-17H2,1H3,(H,34,35). The van der Waals surface area contributed by atoms with Gasteiger partial charge in [-0.2, -0.15) is 26.3 Å². The minimum atomic E-state index is -4.75. The molecule has 1 aromatic rings. The summed E-state index contributed by atoms with van der Waals surface area (Å²) in [7, 11) is 0. The number of hydrogen-bond acceptors (Lipinski definition) is 7. The molecule has 2 aliphatic rings. The summed E-state index contributed by atoms with van der Waals surface area (Å²) in [5.74, 6) is -1.05. The van der Waals surface area contributed by atoms with Crippen molar-refractivity contribution < 1.29 is 50.1 Å². The van der Waals surface area contributed by atoms with Crippen LogP contribution in [0.3, 0.4) is 0 Å². The third-order valence-electron chi connectivity index (χ3n) is 5.52. The summed E-state index contributed by atoms with van der Waals surface area (Å²) in [5, 5.41) is 2.45. The van der Waals surface area contributed by atoms with Crippen molar-refractivity contribution in [1.29, 1.82) is 0 Å². The molecule has 0 bridgehead atoms. The second-order valence-corrected chi connectivity index (χ2v) is 9.76. The van der Waals surface area contributed by atoms with Crippen LogP contribution < -0.4 is 5.32 Å². The number of carbonyl (C=O) groups is 1. The van der Waals surface area contributed by atoms with Gasteiger partial charge in [0.05, 0.1) is 12.6 Å². The zero-order valence-corrected chi connectivity index (χ0v) is 23.9. The maximum atomic E-state index is 14.0. The molecule has 42 heavy (non-hydrogen) atoms. The molecule has 3 rings (SSSR count). The Bertz CT molecular complexity index is 1160. The van der Waals surface area contributed by atoms with Crippen LogP contribution in [-0.2, 0) is 25.6 Å². The number of rotatable bonds is 12. The van der Waals surface area contributed by atoms with Gasteiger partial charge in [0.25, 0.3) is 0 Å². The molecule has 1 aliphatic heterocycles. The maximum absolute atomic E-state index is 14.0. The first-order valence-electron chi connectivity index (χ1n) is 12.6. The number of urea groups is 1. The fourth-order valence-corrected chi connectivity index (χ4v) is 3.94. The van der Waals surface area contributed by atoms with Crippen LogP contribution in [-0.4, -0.2) is 79.7 Å². The molecule has 2 unspecified atom stereocenters. The normalized spacial score (nSPS) is 18.9. The number of ether oxygens (including phenoxy) is 4. The Hall–Kier alpha value is -3.08. The van der Waals surface area contributed by atoms with Crippen molar-refractivity contribution in [2.24, 2.45) is 4.99 Å². The zero-order chi connectivity index (χ0) is 30.8. The molecule has 0 fully saturated rings. The van der Waals surface area contributed by atoms with Crippen LogP contribution in [0.1, 0.15) is 18.9 Å². The minimum Gasteiger partial charge on any atom is -0.469 e. The predicted molar refractivity (Wildman–Crippen MR) is 143 cm³/mol. The van der Waals surface area contributed by atoms with Gasteiger partial charge < -0.3 is 18.9 Å². The summed E-state index contributed by atoms with van der Waals surface area (Å²) in [6.07, 6.45) is -4.73. The molecular weight excluding hydrogens is 642 g/mol. The van der Waals surface area contributed by atoms with Crippen LogP contribution in [0.4, 0.5) is 31.1 Å². The Morgan fingerprint density at radius 2 is 1.79 bits per heavy atom. The topological polar surface area (TPSA) is 84.9 Å². The van der Waals surface area contributed by atoms with Gasteiger partial charge >= 0.3 is 18.4 Å². The summed E-state index contributed by atoms with van der Waals surface area (Å²) in [4.78, 5) is 20.2. The number of nitrogens with one attached hydrogen (secondary N) is 1. The van der Waals surface area contributed by atoms with E-state index in [1.807, 2.05) is 6.08 Å². The van der Waals surface area contributed by atoms with E-state index in [4.69, 9.17) is 18.9 Å². The van der Waals surface area contributed by atoms with E-state index in [1.54, 1.807) is 49.4 Å². The third-order valence-corrected chi connectivity index (χ3v) is 6.11. The highest BCUT2D eigenvalue weighted by Gasteiger charge is 2.36. The summed E-state index contributed by atoms with van der Waals surface area (Å²) in [6.45, 7) is -2.16. The Morgan fingerprint density at radius 3 is 2.40 bits per heavy atom. The van der Waals surface area contributed by atoms with E-state index < -0.39 is 62.4 Å². The fraction of sp³-hybridized carbons (Fsp3) is 0.462. The second-order valence-electron chi connectivity index (χ2n) is 8.85. The van der Waals surface area contributed by atoms with Gasteiger partial charge in [0, 0.05) is 17.2 Å². The van der Waals surface area contributed by atoms with Crippen LogP contribution in [0.15, 0.2) is 70.0 Å². The van der Waals surface area contributed by atoms with E-state index in [2.05, 4.69) is 26.2 Å².